The molecule has 7 heteroatoms. The van der Waals surface area contributed by atoms with Crippen LogP contribution in [0.1, 0.15) is 43.2 Å². The SMILES string of the molecule is CN=C(NCc1ccc(OC(C)C)cc1)NCC1CCCN(C)C1c1cccs1.I. The minimum Gasteiger partial charge on any atom is -0.491 e. The lowest BCUT2D eigenvalue weighted by Crippen LogP contribution is -2.44. The average Bonchev–Trinajstić information content (AvgIpc) is 3.23. The zero-order valence-corrected chi connectivity index (χ0v) is 21.6. The molecule has 2 atom stereocenters. The number of halogens is 1. The van der Waals surface area contributed by atoms with E-state index in [1.165, 1.54) is 29.8 Å². The number of nitrogens with one attached hydrogen (secondary N) is 2. The molecule has 2 aromatic rings. The Morgan fingerprint density at radius 3 is 2.63 bits per heavy atom. The van der Waals surface area contributed by atoms with Gasteiger partial charge in [-0.1, -0.05) is 18.2 Å². The van der Waals surface area contributed by atoms with Gasteiger partial charge in [-0.15, -0.1) is 35.3 Å². The molecule has 2 N–H and O–H groups in total. The van der Waals surface area contributed by atoms with E-state index in [9.17, 15) is 0 Å². The predicted octanol–water partition coefficient (Wildman–Crippen LogP) is 4.90. The largest absolute Gasteiger partial charge is 0.491 e. The van der Waals surface area contributed by atoms with Gasteiger partial charge in [-0.3, -0.25) is 9.89 Å². The third kappa shape index (κ3) is 7.13. The number of aliphatic imine (C=N–C) groups is 1. The fourth-order valence-electron chi connectivity index (χ4n) is 3.97. The van der Waals surface area contributed by atoms with Crippen molar-refractivity contribution in [2.45, 2.75) is 45.4 Å². The van der Waals surface area contributed by atoms with Gasteiger partial charge < -0.3 is 15.4 Å². The molecule has 166 valence electrons. The second-order valence-corrected chi connectivity index (χ2v) is 8.94. The zero-order valence-electron chi connectivity index (χ0n) is 18.4. The Labute approximate surface area is 202 Å². The van der Waals surface area contributed by atoms with E-state index < -0.39 is 0 Å². The summed E-state index contributed by atoms with van der Waals surface area (Å²) in [5, 5.41) is 9.17. The molecule has 2 heterocycles. The molecule has 0 spiro atoms. The molecule has 1 aromatic heterocycles. The summed E-state index contributed by atoms with van der Waals surface area (Å²) < 4.78 is 5.71. The maximum atomic E-state index is 5.71. The first kappa shape index (κ1) is 24.9. The third-order valence-electron chi connectivity index (χ3n) is 5.35. The summed E-state index contributed by atoms with van der Waals surface area (Å²) >= 11 is 1.86. The summed E-state index contributed by atoms with van der Waals surface area (Å²) in [6.45, 7) is 6.91. The van der Waals surface area contributed by atoms with Crippen molar-refractivity contribution in [3.63, 3.8) is 0 Å². The van der Waals surface area contributed by atoms with Crippen LogP contribution in [-0.2, 0) is 6.54 Å². The number of hydrogen-bond donors (Lipinski definition) is 2. The number of ether oxygens (including phenoxy) is 1. The topological polar surface area (TPSA) is 48.9 Å². The van der Waals surface area contributed by atoms with Crippen LogP contribution in [0.4, 0.5) is 0 Å². The van der Waals surface area contributed by atoms with Gasteiger partial charge in [0.15, 0.2) is 5.96 Å². The first-order valence-electron chi connectivity index (χ1n) is 10.5. The maximum absolute atomic E-state index is 5.71. The van der Waals surface area contributed by atoms with Gasteiger partial charge in [-0.25, -0.2) is 0 Å². The fourth-order valence-corrected chi connectivity index (χ4v) is 4.96. The third-order valence-corrected chi connectivity index (χ3v) is 6.30. The van der Waals surface area contributed by atoms with Gasteiger partial charge in [-0.2, -0.15) is 0 Å². The molecule has 3 rings (SSSR count). The molecule has 1 fully saturated rings. The number of rotatable bonds is 7. The Bertz CT molecular complexity index is 764. The Morgan fingerprint density at radius 2 is 2.00 bits per heavy atom. The molecule has 2 unspecified atom stereocenters. The van der Waals surface area contributed by atoms with Gasteiger partial charge >= 0.3 is 0 Å². The average molecular weight is 543 g/mol. The molecule has 0 radical (unpaired) electrons. The van der Waals surface area contributed by atoms with Crippen molar-refractivity contribution < 1.29 is 4.74 Å². The van der Waals surface area contributed by atoms with Crippen LogP contribution in [-0.4, -0.2) is 44.1 Å². The molecule has 0 bridgehead atoms. The minimum absolute atomic E-state index is 0. The molecule has 1 aliphatic rings. The Morgan fingerprint density at radius 1 is 1.23 bits per heavy atom. The van der Waals surface area contributed by atoms with Gasteiger partial charge in [0.05, 0.1) is 6.10 Å². The first-order chi connectivity index (χ1) is 14.1. The summed E-state index contributed by atoms with van der Waals surface area (Å²) in [5.74, 6) is 2.34. The Kier molecular flexibility index (Phi) is 10.4. The minimum atomic E-state index is 0. The van der Waals surface area contributed by atoms with Crippen molar-refractivity contribution in [2.75, 3.05) is 27.2 Å². The molecule has 0 aliphatic carbocycles. The van der Waals surface area contributed by atoms with Crippen molar-refractivity contribution >= 4 is 41.3 Å². The number of guanidine groups is 1. The van der Waals surface area contributed by atoms with E-state index in [0.29, 0.717) is 12.0 Å². The standard InChI is InChI=1S/C23H34N4OS.HI/c1-17(2)28-20-11-9-18(10-12-20)15-25-23(24-3)26-16-19-7-5-13-27(4)22(19)21-8-6-14-29-21;/h6,8-12,14,17,19,22H,5,7,13,15-16H2,1-4H3,(H2,24,25,26);1H. The normalized spacial score (nSPS) is 20.0. The summed E-state index contributed by atoms with van der Waals surface area (Å²) in [6.07, 6.45) is 2.69. The van der Waals surface area contributed by atoms with E-state index in [-0.39, 0.29) is 30.1 Å². The summed E-state index contributed by atoms with van der Waals surface area (Å²) in [5.41, 5.74) is 1.21. The number of piperidine rings is 1. The fraction of sp³-hybridized carbons (Fsp3) is 0.522. The van der Waals surface area contributed by atoms with Crippen molar-refractivity contribution in [3.8, 4) is 5.75 Å². The molecule has 30 heavy (non-hydrogen) atoms. The van der Waals surface area contributed by atoms with E-state index in [1.54, 1.807) is 0 Å². The van der Waals surface area contributed by atoms with Crippen LogP contribution in [0.5, 0.6) is 5.75 Å². The predicted molar refractivity (Wildman–Crippen MR) is 138 cm³/mol. The Hall–Kier alpha value is -1.32. The highest BCUT2D eigenvalue weighted by atomic mass is 127. The molecule has 0 amide bonds. The number of nitrogens with zero attached hydrogens (tertiary/aromatic N) is 2. The van der Waals surface area contributed by atoms with Gasteiger partial charge in [-0.05, 0) is 75.3 Å². The summed E-state index contributed by atoms with van der Waals surface area (Å²) in [4.78, 5) is 8.37. The number of hydrogen-bond acceptors (Lipinski definition) is 4. The van der Waals surface area contributed by atoms with Crippen LogP contribution in [0.15, 0.2) is 46.8 Å². The number of benzene rings is 1. The second-order valence-electron chi connectivity index (χ2n) is 7.96. The van der Waals surface area contributed by atoms with Crippen molar-refractivity contribution in [2.24, 2.45) is 10.9 Å². The summed E-state index contributed by atoms with van der Waals surface area (Å²) in [7, 11) is 4.08. The van der Waals surface area contributed by atoms with Crippen LogP contribution >= 0.6 is 35.3 Å². The molecule has 0 saturated carbocycles. The van der Waals surface area contributed by atoms with Crippen LogP contribution in [0.3, 0.4) is 0 Å². The van der Waals surface area contributed by atoms with E-state index in [2.05, 4.69) is 57.2 Å². The summed E-state index contributed by atoms with van der Waals surface area (Å²) in [6, 6.07) is 13.2. The van der Waals surface area contributed by atoms with E-state index >= 15 is 0 Å². The maximum Gasteiger partial charge on any atom is 0.191 e. The number of thiophene rings is 1. The van der Waals surface area contributed by atoms with Crippen LogP contribution in [0.25, 0.3) is 0 Å². The molecule has 5 nitrogen and oxygen atoms in total. The van der Waals surface area contributed by atoms with E-state index in [4.69, 9.17) is 4.74 Å². The molecular weight excluding hydrogens is 507 g/mol. The van der Waals surface area contributed by atoms with Crippen LogP contribution < -0.4 is 15.4 Å². The molecular formula is C23H35IN4OS. The van der Waals surface area contributed by atoms with Gasteiger partial charge in [0.2, 0.25) is 0 Å². The highest BCUT2D eigenvalue weighted by molar-refractivity contribution is 14.0. The second kappa shape index (κ2) is 12.5. The quantitative estimate of drug-likeness (QED) is 0.297. The van der Waals surface area contributed by atoms with Crippen LogP contribution in [0, 0.1) is 5.92 Å². The van der Waals surface area contributed by atoms with Crippen molar-refractivity contribution in [1.29, 1.82) is 0 Å². The lowest BCUT2D eigenvalue weighted by atomic mass is 9.88. The highest BCUT2D eigenvalue weighted by Crippen LogP contribution is 2.36. The van der Waals surface area contributed by atoms with Crippen LogP contribution in [0.2, 0.25) is 0 Å². The van der Waals surface area contributed by atoms with E-state index in [0.717, 1.165) is 24.8 Å². The molecule has 1 aromatic carbocycles. The lowest BCUT2D eigenvalue weighted by molar-refractivity contribution is 0.125. The zero-order chi connectivity index (χ0) is 20.6. The smallest absolute Gasteiger partial charge is 0.191 e. The molecule has 1 aliphatic heterocycles. The van der Waals surface area contributed by atoms with Gasteiger partial charge in [0, 0.05) is 31.1 Å². The monoisotopic (exact) mass is 542 g/mol. The number of likely N-dealkylation sites (tertiary alicyclic amines) is 1. The lowest BCUT2D eigenvalue weighted by Gasteiger charge is -2.39. The molecule has 1 saturated heterocycles. The van der Waals surface area contributed by atoms with Crippen molar-refractivity contribution in [3.05, 3.63) is 52.2 Å². The highest BCUT2D eigenvalue weighted by Gasteiger charge is 2.31. The van der Waals surface area contributed by atoms with Crippen molar-refractivity contribution in [1.82, 2.24) is 15.5 Å². The van der Waals surface area contributed by atoms with Gasteiger partial charge in [0.1, 0.15) is 5.75 Å². The van der Waals surface area contributed by atoms with Gasteiger partial charge in [0.25, 0.3) is 0 Å². The van der Waals surface area contributed by atoms with E-state index in [1.807, 2.05) is 44.4 Å². The first-order valence-corrected chi connectivity index (χ1v) is 11.4. The Balaban J connectivity index is 0.00000320.